The largest absolute Gasteiger partial charge is 0.455 e. The SMILES string of the molecule is OC(F)(C(F)(F)F)C(F)(F)c1ccccc1Cl. The Balaban J connectivity index is 3.34. The lowest BCUT2D eigenvalue weighted by Gasteiger charge is -2.30. The molecule has 1 aromatic rings. The van der Waals surface area contributed by atoms with E-state index in [1.807, 2.05) is 0 Å². The van der Waals surface area contributed by atoms with E-state index in [0.717, 1.165) is 12.1 Å². The number of hydrogen-bond donors (Lipinski definition) is 1. The number of rotatable bonds is 2. The first-order chi connectivity index (χ1) is 7.52. The summed E-state index contributed by atoms with van der Waals surface area (Å²) >= 11 is 5.24. The van der Waals surface area contributed by atoms with Gasteiger partial charge in [0.25, 0.3) is 0 Å². The molecular formula is C9H5ClF6O. The van der Waals surface area contributed by atoms with Crippen LogP contribution in [0.4, 0.5) is 26.3 Å². The van der Waals surface area contributed by atoms with Crippen LogP contribution in [0.3, 0.4) is 0 Å². The highest BCUT2D eigenvalue weighted by Crippen LogP contribution is 2.50. The van der Waals surface area contributed by atoms with Gasteiger partial charge < -0.3 is 5.11 Å². The van der Waals surface area contributed by atoms with Crippen LogP contribution in [0.1, 0.15) is 5.56 Å². The molecule has 1 aromatic carbocycles. The molecule has 1 unspecified atom stereocenters. The zero-order chi connectivity index (χ0) is 13.5. The van der Waals surface area contributed by atoms with E-state index in [9.17, 15) is 26.3 Å². The Kier molecular flexibility index (Phi) is 3.37. The second-order valence-corrected chi connectivity index (χ2v) is 3.58. The summed E-state index contributed by atoms with van der Waals surface area (Å²) in [5.41, 5.74) is -1.44. The molecule has 8 heteroatoms. The third-order valence-corrected chi connectivity index (χ3v) is 2.33. The highest BCUT2D eigenvalue weighted by atomic mass is 35.5. The Labute approximate surface area is 96.6 Å². The molecule has 0 aromatic heterocycles. The van der Waals surface area contributed by atoms with Gasteiger partial charge >= 0.3 is 18.0 Å². The molecule has 0 bridgehead atoms. The second kappa shape index (κ2) is 4.06. The van der Waals surface area contributed by atoms with Gasteiger partial charge in [-0.3, -0.25) is 0 Å². The first kappa shape index (κ1) is 14.1. The molecule has 0 aliphatic rings. The predicted octanol–water partition coefficient (Wildman–Crippen LogP) is 3.65. The Morgan fingerprint density at radius 1 is 0.941 bits per heavy atom. The standard InChI is InChI=1S/C9H5ClF6O/c10-6-4-2-1-3-5(6)7(11,12)8(13,17)9(14,15)16/h1-4,17H. The summed E-state index contributed by atoms with van der Waals surface area (Å²) in [4.78, 5) is 0. The van der Waals surface area contributed by atoms with Crippen molar-refractivity contribution >= 4 is 11.6 Å². The van der Waals surface area contributed by atoms with Gasteiger partial charge in [-0.2, -0.15) is 26.3 Å². The molecule has 0 spiro atoms. The molecule has 1 nitrogen and oxygen atoms in total. The first-order valence-electron chi connectivity index (χ1n) is 4.12. The number of benzene rings is 1. The average Bonchev–Trinajstić information content (AvgIpc) is 2.16. The maximum absolute atomic E-state index is 13.3. The molecule has 0 saturated carbocycles. The molecule has 17 heavy (non-hydrogen) atoms. The summed E-state index contributed by atoms with van der Waals surface area (Å²) in [6.45, 7) is 0. The molecule has 0 heterocycles. The van der Waals surface area contributed by atoms with Crippen molar-refractivity contribution in [2.75, 3.05) is 0 Å². The second-order valence-electron chi connectivity index (χ2n) is 3.17. The highest BCUT2D eigenvalue weighted by molar-refractivity contribution is 6.31. The third-order valence-electron chi connectivity index (χ3n) is 2.00. The molecular weight excluding hydrogens is 274 g/mol. The van der Waals surface area contributed by atoms with Crippen LogP contribution < -0.4 is 0 Å². The van der Waals surface area contributed by atoms with E-state index in [-0.39, 0.29) is 0 Å². The Bertz CT molecular complexity index is 414. The summed E-state index contributed by atoms with van der Waals surface area (Å²) in [5.74, 6) is -10.9. The van der Waals surface area contributed by atoms with Gasteiger partial charge in [-0.25, -0.2) is 0 Å². The quantitative estimate of drug-likeness (QED) is 0.819. The van der Waals surface area contributed by atoms with Crippen molar-refractivity contribution in [3.8, 4) is 0 Å². The fraction of sp³-hybridized carbons (Fsp3) is 0.333. The van der Waals surface area contributed by atoms with E-state index in [1.54, 1.807) is 0 Å². The molecule has 0 amide bonds. The number of alkyl halides is 6. The van der Waals surface area contributed by atoms with E-state index < -0.39 is 28.5 Å². The van der Waals surface area contributed by atoms with Gasteiger partial charge in [-0.1, -0.05) is 29.8 Å². The zero-order valence-corrected chi connectivity index (χ0v) is 8.66. The van der Waals surface area contributed by atoms with Crippen LogP contribution in [-0.4, -0.2) is 17.1 Å². The van der Waals surface area contributed by atoms with Gasteiger partial charge in [-0.15, -0.1) is 0 Å². The van der Waals surface area contributed by atoms with Crippen LogP contribution >= 0.6 is 11.6 Å². The predicted molar refractivity (Wildman–Crippen MR) is 47.5 cm³/mol. The first-order valence-corrected chi connectivity index (χ1v) is 4.50. The molecule has 0 aliphatic heterocycles. The Hall–Kier alpha value is -0.950. The van der Waals surface area contributed by atoms with Crippen LogP contribution in [0.15, 0.2) is 24.3 Å². The number of halogens is 7. The van der Waals surface area contributed by atoms with Crippen molar-refractivity contribution in [1.82, 2.24) is 0 Å². The van der Waals surface area contributed by atoms with E-state index in [1.165, 1.54) is 6.07 Å². The van der Waals surface area contributed by atoms with E-state index in [2.05, 4.69) is 0 Å². The summed E-state index contributed by atoms with van der Waals surface area (Å²) in [5, 5.41) is 7.58. The van der Waals surface area contributed by atoms with Gasteiger partial charge in [0.1, 0.15) is 0 Å². The molecule has 1 rings (SSSR count). The van der Waals surface area contributed by atoms with Gasteiger partial charge in [0.05, 0.1) is 0 Å². The minimum Gasteiger partial charge on any atom is -0.350 e. The van der Waals surface area contributed by atoms with Crippen molar-refractivity contribution in [2.45, 2.75) is 18.0 Å². The maximum atomic E-state index is 13.3. The van der Waals surface area contributed by atoms with E-state index in [4.69, 9.17) is 16.7 Å². The molecule has 0 radical (unpaired) electrons. The lowest BCUT2D eigenvalue weighted by atomic mass is 10.0. The Morgan fingerprint density at radius 2 is 1.41 bits per heavy atom. The molecule has 96 valence electrons. The van der Waals surface area contributed by atoms with Crippen molar-refractivity contribution in [2.24, 2.45) is 0 Å². The minimum atomic E-state index is -6.14. The summed E-state index contributed by atoms with van der Waals surface area (Å²) in [7, 11) is 0. The lowest BCUT2D eigenvalue weighted by molar-refractivity contribution is -0.390. The normalized spacial score (nSPS) is 16.7. The molecule has 1 N–H and O–H groups in total. The fourth-order valence-electron chi connectivity index (χ4n) is 1.07. The van der Waals surface area contributed by atoms with E-state index in [0.29, 0.717) is 6.07 Å². The van der Waals surface area contributed by atoms with Crippen LogP contribution in [0.25, 0.3) is 0 Å². The summed E-state index contributed by atoms with van der Waals surface area (Å²) < 4.78 is 75.4. The number of hydrogen-bond acceptors (Lipinski definition) is 1. The highest BCUT2D eigenvalue weighted by Gasteiger charge is 2.71. The lowest BCUT2D eigenvalue weighted by Crippen LogP contribution is -2.53. The molecule has 0 fully saturated rings. The minimum absolute atomic E-state index is 0.499. The number of aliphatic hydroxyl groups is 1. The van der Waals surface area contributed by atoms with Crippen molar-refractivity contribution in [1.29, 1.82) is 0 Å². The van der Waals surface area contributed by atoms with Crippen LogP contribution in [0, 0.1) is 0 Å². The van der Waals surface area contributed by atoms with Gasteiger partial charge in [0, 0.05) is 10.6 Å². The maximum Gasteiger partial charge on any atom is 0.455 e. The van der Waals surface area contributed by atoms with Crippen LogP contribution in [0.2, 0.25) is 5.02 Å². The summed E-state index contributed by atoms with van der Waals surface area (Å²) in [6, 6.07) is 3.48. The third kappa shape index (κ3) is 2.21. The van der Waals surface area contributed by atoms with Crippen LogP contribution in [0.5, 0.6) is 0 Å². The Morgan fingerprint density at radius 3 is 1.82 bits per heavy atom. The van der Waals surface area contributed by atoms with Crippen LogP contribution in [-0.2, 0) is 5.92 Å². The fourth-order valence-corrected chi connectivity index (χ4v) is 1.33. The summed E-state index contributed by atoms with van der Waals surface area (Å²) in [6.07, 6.45) is -6.14. The molecule has 0 saturated heterocycles. The zero-order valence-electron chi connectivity index (χ0n) is 7.90. The molecule has 1 atom stereocenters. The van der Waals surface area contributed by atoms with Gasteiger partial charge in [-0.05, 0) is 6.07 Å². The van der Waals surface area contributed by atoms with E-state index >= 15 is 0 Å². The van der Waals surface area contributed by atoms with Crippen molar-refractivity contribution < 1.29 is 31.4 Å². The average molecular weight is 279 g/mol. The smallest absolute Gasteiger partial charge is 0.350 e. The monoisotopic (exact) mass is 278 g/mol. The van der Waals surface area contributed by atoms with Crippen molar-refractivity contribution in [3.05, 3.63) is 34.9 Å². The van der Waals surface area contributed by atoms with Gasteiger partial charge in [0.2, 0.25) is 0 Å². The van der Waals surface area contributed by atoms with Crippen molar-refractivity contribution in [3.63, 3.8) is 0 Å². The molecule has 0 aliphatic carbocycles. The topological polar surface area (TPSA) is 20.2 Å². The van der Waals surface area contributed by atoms with Gasteiger partial charge in [0.15, 0.2) is 0 Å².